The van der Waals surface area contributed by atoms with Gasteiger partial charge in [-0.3, -0.25) is 4.79 Å². The van der Waals surface area contributed by atoms with Crippen molar-refractivity contribution in [2.24, 2.45) is 5.92 Å². The summed E-state index contributed by atoms with van der Waals surface area (Å²) in [6.07, 6.45) is 3.33. The van der Waals surface area contributed by atoms with Gasteiger partial charge in [-0.05, 0) is 49.2 Å². The van der Waals surface area contributed by atoms with E-state index in [0.717, 1.165) is 40.2 Å². The van der Waals surface area contributed by atoms with Crippen LogP contribution in [0.5, 0.6) is 5.75 Å². The highest BCUT2D eigenvalue weighted by Crippen LogP contribution is 2.30. The summed E-state index contributed by atoms with van der Waals surface area (Å²) in [6, 6.07) is 14.7. The molecule has 0 unspecified atom stereocenters. The number of aromatic nitrogens is 3. The van der Waals surface area contributed by atoms with Gasteiger partial charge < -0.3 is 19.7 Å². The number of anilines is 2. The first kappa shape index (κ1) is 22.9. The second-order valence-electron chi connectivity index (χ2n) is 8.25. The van der Waals surface area contributed by atoms with E-state index >= 15 is 0 Å². The second kappa shape index (κ2) is 9.75. The molecule has 2 aromatic carbocycles. The zero-order valence-corrected chi connectivity index (χ0v) is 20.2. The van der Waals surface area contributed by atoms with Crippen molar-refractivity contribution >= 4 is 39.0 Å². The zero-order valence-electron chi connectivity index (χ0n) is 19.4. The third-order valence-electron chi connectivity index (χ3n) is 6.14. The molecule has 2 aromatic heterocycles. The van der Waals surface area contributed by atoms with Gasteiger partial charge in [0, 0.05) is 24.6 Å². The van der Waals surface area contributed by atoms with Gasteiger partial charge in [-0.15, -0.1) is 5.10 Å². The fourth-order valence-corrected chi connectivity index (χ4v) is 5.10. The normalized spacial score (nSPS) is 14.2. The van der Waals surface area contributed by atoms with Gasteiger partial charge in [-0.2, -0.15) is 0 Å². The molecule has 1 saturated heterocycles. The lowest BCUT2D eigenvalue weighted by Crippen LogP contribution is -2.38. The minimum Gasteiger partial charge on any atom is -0.497 e. The fourth-order valence-electron chi connectivity index (χ4n) is 4.17. The Kier molecular flexibility index (Phi) is 6.37. The molecule has 9 nitrogen and oxygen atoms in total. The zero-order chi connectivity index (χ0) is 24.4. The molecule has 0 saturated carbocycles. The summed E-state index contributed by atoms with van der Waals surface area (Å²) in [5, 5.41) is 8.51. The number of carbonyl (C=O) groups is 2. The number of benzene rings is 2. The molecule has 1 N–H and O–H groups in total. The first-order valence-electron chi connectivity index (χ1n) is 11.3. The van der Waals surface area contributed by atoms with Gasteiger partial charge in [0.1, 0.15) is 5.75 Å². The molecule has 0 radical (unpaired) electrons. The van der Waals surface area contributed by atoms with E-state index in [9.17, 15) is 9.59 Å². The smallest absolute Gasteiger partial charge is 0.339 e. The van der Waals surface area contributed by atoms with Crippen molar-refractivity contribution in [2.45, 2.75) is 12.8 Å². The highest BCUT2D eigenvalue weighted by Gasteiger charge is 2.28. The van der Waals surface area contributed by atoms with Gasteiger partial charge in [0.05, 0.1) is 37.4 Å². The standard InChI is InChI=1S/C25H25N5O4S/c1-33-18-9-7-16(8-10-18)21-15-30-24(27-21)35-25(28-30)29-13-11-17(12-14-29)22(31)26-20-6-4-3-5-19(20)23(32)34-2/h3-10,15,17H,11-14H2,1-2H3,(H,26,31). The maximum Gasteiger partial charge on any atom is 0.339 e. The van der Waals surface area contributed by atoms with Crippen molar-refractivity contribution in [3.05, 3.63) is 60.3 Å². The lowest BCUT2D eigenvalue weighted by molar-refractivity contribution is -0.120. The molecular formula is C25H25N5O4S. The monoisotopic (exact) mass is 491 g/mol. The number of nitrogens with one attached hydrogen (secondary N) is 1. The number of hydrogen-bond acceptors (Lipinski definition) is 8. The Labute approximate surface area is 206 Å². The molecule has 1 aliphatic rings. The van der Waals surface area contributed by atoms with Gasteiger partial charge in [0.2, 0.25) is 16.0 Å². The number of piperidine rings is 1. The number of carbonyl (C=O) groups excluding carboxylic acids is 2. The molecule has 180 valence electrons. The van der Waals surface area contributed by atoms with Crippen molar-refractivity contribution in [1.29, 1.82) is 0 Å². The van der Waals surface area contributed by atoms with Crippen molar-refractivity contribution in [1.82, 2.24) is 14.6 Å². The molecule has 1 fully saturated rings. The molecule has 3 heterocycles. The fraction of sp³-hybridized carbons (Fsp3) is 0.280. The molecule has 10 heteroatoms. The van der Waals surface area contributed by atoms with Crippen LogP contribution in [0.3, 0.4) is 0 Å². The number of nitrogens with zero attached hydrogens (tertiary/aromatic N) is 4. The molecule has 0 spiro atoms. The van der Waals surface area contributed by atoms with Crippen molar-refractivity contribution in [3.63, 3.8) is 0 Å². The van der Waals surface area contributed by atoms with E-state index in [2.05, 4.69) is 10.2 Å². The van der Waals surface area contributed by atoms with Crippen molar-refractivity contribution < 1.29 is 19.1 Å². The molecule has 0 bridgehead atoms. The van der Waals surface area contributed by atoms with Gasteiger partial charge in [-0.25, -0.2) is 14.3 Å². The number of esters is 1. The maximum atomic E-state index is 12.9. The molecule has 1 amide bonds. The Morgan fingerprint density at radius 3 is 2.49 bits per heavy atom. The summed E-state index contributed by atoms with van der Waals surface area (Å²) < 4.78 is 11.8. The Balaban J connectivity index is 1.21. The number of hydrogen-bond donors (Lipinski definition) is 1. The van der Waals surface area contributed by atoms with E-state index in [0.29, 0.717) is 24.1 Å². The predicted molar refractivity (Wildman–Crippen MR) is 134 cm³/mol. The van der Waals surface area contributed by atoms with E-state index in [1.165, 1.54) is 18.4 Å². The van der Waals surface area contributed by atoms with Gasteiger partial charge in [-0.1, -0.05) is 23.5 Å². The van der Waals surface area contributed by atoms with Crippen LogP contribution >= 0.6 is 11.3 Å². The number of rotatable bonds is 6. The average Bonchev–Trinajstić information content (AvgIpc) is 3.48. The summed E-state index contributed by atoms with van der Waals surface area (Å²) in [4.78, 5) is 32.6. The van der Waals surface area contributed by atoms with Crippen LogP contribution in [0.15, 0.2) is 54.7 Å². The first-order valence-corrected chi connectivity index (χ1v) is 12.1. The van der Waals surface area contributed by atoms with Gasteiger partial charge in [0.15, 0.2) is 0 Å². The van der Waals surface area contributed by atoms with Crippen LogP contribution in [0, 0.1) is 5.92 Å². The Morgan fingerprint density at radius 2 is 1.80 bits per heavy atom. The molecule has 4 aromatic rings. The molecule has 1 aliphatic heterocycles. The number of amides is 1. The highest BCUT2D eigenvalue weighted by molar-refractivity contribution is 7.20. The number of para-hydroxylation sites is 1. The van der Waals surface area contributed by atoms with E-state index in [1.54, 1.807) is 31.4 Å². The summed E-state index contributed by atoms with van der Waals surface area (Å²) >= 11 is 1.54. The minimum absolute atomic E-state index is 0.0842. The number of imidazole rings is 1. The van der Waals surface area contributed by atoms with E-state index in [1.807, 2.05) is 35.0 Å². The topological polar surface area (TPSA) is 98.1 Å². The summed E-state index contributed by atoms with van der Waals surface area (Å²) in [7, 11) is 2.97. The third kappa shape index (κ3) is 4.69. The quantitative estimate of drug-likeness (QED) is 0.405. The van der Waals surface area contributed by atoms with Crippen LogP contribution in [-0.2, 0) is 9.53 Å². The number of fused-ring (bicyclic) bond motifs is 1. The summed E-state index contributed by atoms with van der Waals surface area (Å²) in [5.41, 5.74) is 2.69. The lowest BCUT2D eigenvalue weighted by atomic mass is 9.96. The lowest BCUT2D eigenvalue weighted by Gasteiger charge is -2.30. The van der Waals surface area contributed by atoms with Crippen LogP contribution in [-0.4, -0.2) is 53.8 Å². The van der Waals surface area contributed by atoms with E-state index in [4.69, 9.17) is 19.6 Å². The first-order chi connectivity index (χ1) is 17.1. The molecule has 35 heavy (non-hydrogen) atoms. The van der Waals surface area contributed by atoms with Crippen molar-refractivity contribution in [3.8, 4) is 17.0 Å². The largest absolute Gasteiger partial charge is 0.497 e. The van der Waals surface area contributed by atoms with Gasteiger partial charge >= 0.3 is 5.97 Å². The highest BCUT2D eigenvalue weighted by atomic mass is 32.1. The second-order valence-corrected chi connectivity index (χ2v) is 9.19. The molecule has 0 atom stereocenters. The predicted octanol–water partition coefficient (Wildman–Crippen LogP) is 4.11. The molecular weight excluding hydrogens is 466 g/mol. The Hall–Kier alpha value is -3.92. The number of methoxy groups -OCH3 is 2. The van der Waals surface area contributed by atoms with Crippen molar-refractivity contribution in [2.75, 3.05) is 37.5 Å². The maximum absolute atomic E-state index is 12.9. The average molecular weight is 492 g/mol. The Morgan fingerprint density at radius 1 is 1.06 bits per heavy atom. The number of ether oxygens (including phenoxy) is 2. The van der Waals surface area contributed by atoms with Crippen LogP contribution in [0.2, 0.25) is 0 Å². The van der Waals surface area contributed by atoms with E-state index < -0.39 is 5.97 Å². The van der Waals surface area contributed by atoms with Crippen LogP contribution in [0.4, 0.5) is 10.8 Å². The van der Waals surface area contributed by atoms with Crippen LogP contribution in [0.1, 0.15) is 23.2 Å². The Bertz CT molecular complexity index is 1320. The van der Waals surface area contributed by atoms with E-state index in [-0.39, 0.29) is 11.8 Å². The van der Waals surface area contributed by atoms with Crippen LogP contribution in [0.25, 0.3) is 16.2 Å². The minimum atomic E-state index is -0.473. The molecule has 0 aliphatic carbocycles. The van der Waals surface area contributed by atoms with Gasteiger partial charge in [0.25, 0.3) is 0 Å². The third-order valence-corrected chi connectivity index (χ3v) is 7.13. The SMILES string of the molecule is COC(=O)c1ccccc1NC(=O)C1CCN(c2nn3cc(-c4ccc(OC)cc4)nc3s2)CC1. The summed E-state index contributed by atoms with van der Waals surface area (Å²) in [6.45, 7) is 1.44. The van der Waals surface area contributed by atoms with Crippen LogP contribution < -0.4 is 15.0 Å². The summed E-state index contributed by atoms with van der Waals surface area (Å²) in [5.74, 6) is 0.112. The molecule has 5 rings (SSSR count).